The van der Waals surface area contributed by atoms with Crippen molar-refractivity contribution < 1.29 is 19.0 Å². The number of hydrogen-bond donors (Lipinski definition) is 1. The Labute approximate surface area is 117 Å². The van der Waals surface area contributed by atoms with Gasteiger partial charge in [0.2, 0.25) is 0 Å². The fourth-order valence-electron chi connectivity index (χ4n) is 3.56. The fourth-order valence-corrected chi connectivity index (χ4v) is 3.56. The summed E-state index contributed by atoms with van der Waals surface area (Å²) in [7, 11) is 0. The van der Waals surface area contributed by atoms with E-state index in [1.807, 2.05) is 0 Å². The maximum Gasteiger partial charge on any atom is 0.306 e. The van der Waals surface area contributed by atoms with Crippen molar-refractivity contribution >= 4 is 5.97 Å². The average molecular weight is 278 g/mol. The number of benzene rings is 1. The Morgan fingerprint density at radius 1 is 1.40 bits per heavy atom. The average Bonchev–Trinajstić information content (AvgIpc) is 3.03. The number of halogens is 1. The third-order valence-corrected chi connectivity index (χ3v) is 4.57. The van der Waals surface area contributed by atoms with Crippen LogP contribution in [-0.2, 0) is 11.2 Å². The first kappa shape index (κ1) is 13.4. The molecule has 3 rings (SSSR count). The van der Waals surface area contributed by atoms with E-state index in [2.05, 4.69) is 0 Å². The van der Waals surface area contributed by atoms with Crippen molar-refractivity contribution in [1.82, 2.24) is 0 Å². The SMILES string of the molecule is O=C(O)C(CC1Cc2cc(F)ccc2O1)C1CCCC1. The molecule has 1 aromatic carbocycles. The van der Waals surface area contributed by atoms with Crippen LogP contribution >= 0.6 is 0 Å². The molecular weight excluding hydrogens is 259 g/mol. The van der Waals surface area contributed by atoms with Gasteiger partial charge < -0.3 is 9.84 Å². The topological polar surface area (TPSA) is 46.5 Å². The molecule has 1 N–H and O–H groups in total. The summed E-state index contributed by atoms with van der Waals surface area (Å²) in [6.45, 7) is 0. The molecule has 108 valence electrons. The molecule has 0 radical (unpaired) electrons. The Morgan fingerprint density at radius 3 is 2.85 bits per heavy atom. The van der Waals surface area contributed by atoms with Crippen LogP contribution in [0.4, 0.5) is 4.39 Å². The second-order valence-electron chi connectivity index (χ2n) is 5.92. The molecule has 0 bridgehead atoms. The highest BCUT2D eigenvalue weighted by molar-refractivity contribution is 5.70. The van der Waals surface area contributed by atoms with Crippen LogP contribution in [0.15, 0.2) is 18.2 Å². The summed E-state index contributed by atoms with van der Waals surface area (Å²) >= 11 is 0. The highest BCUT2D eigenvalue weighted by Gasteiger charge is 2.35. The number of ether oxygens (including phenoxy) is 1. The molecule has 0 amide bonds. The molecule has 2 atom stereocenters. The number of fused-ring (bicyclic) bond motifs is 1. The van der Waals surface area contributed by atoms with Crippen LogP contribution in [0.1, 0.15) is 37.7 Å². The molecule has 1 saturated carbocycles. The van der Waals surface area contributed by atoms with Crippen LogP contribution in [-0.4, -0.2) is 17.2 Å². The van der Waals surface area contributed by atoms with Crippen LogP contribution < -0.4 is 4.74 Å². The van der Waals surface area contributed by atoms with E-state index in [0.717, 1.165) is 31.2 Å². The summed E-state index contributed by atoms with van der Waals surface area (Å²) in [5.74, 6) is -0.341. The van der Waals surface area contributed by atoms with E-state index in [-0.39, 0.29) is 23.8 Å². The van der Waals surface area contributed by atoms with Crippen molar-refractivity contribution in [1.29, 1.82) is 0 Å². The normalized spacial score (nSPS) is 23.4. The van der Waals surface area contributed by atoms with E-state index >= 15 is 0 Å². The molecule has 4 heteroatoms. The van der Waals surface area contributed by atoms with Crippen LogP contribution in [0.3, 0.4) is 0 Å². The summed E-state index contributed by atoms with van der Waals surface area (Å²) in [4.78, 5) is 11.5. The minimum atomic E-state index is -0.720. The number of carbonyl (C=O) groups is 1. The molecule has 20 heavy (non-hydrogen) atoms. The second kappa shape index (κ2) is 5.43. The predicted molar refractivity (Wildman–Crippen MR) is 72.2 cm³/mol. The van der Waals surface area contributed by atoms with Crippen molar-refractivity contribution in [2.24, 2.45) is 11.8 Å². The molecule has 0 aromatic heterocycles. The van der Waals surface area contributed by atoms with Crippen LogP contribution in [0.25, 0.3) is 0 Å². The zero-order valence-electron chi connectivity index (χ0n) is 11.3. The van der Waals surface area contributed by atoms with Gasteiger partial charge in [-0.25, -0.2) is 4.39 Å². The van der Waals surface area contributed by atoms with Crippen molar-refractivity contribution in [2.45, 2.75) is 44.6 Å². The first-order valence-electron chi connectivity index (χ1n) is 7.31. The fraction of sp³-hybridized carbons (Fsp3) is 0.562. The van der Waals surface area contributed by atoms with E-state index < -0.39 is 5.97 Å². The first-order valence-corrected chi connectivity index (χ1v) is 7.31. The molecule has 0 spiro atoms. The molecule has 1 aromatic rings. The smallest absolute Gasteiger partial charge is 0.306 e. The lowest BCUT2D eigenvalue weighted by Gasteiger charge is -2.22. The van der Waals surface area contributed by atoms with Gasteiger partial charge >= 0.3 is 5.97 Å². The quantitative estimate of drug-likeness (QED) is 0.918. The summed E-state index contributed by atoms with van der Waals surface area (Å²) in [6, 6.07) is 4.50. The Bertz CT molecular complexity index is 508. The Morgan fingerprint density at radius 2 is 2.15 bits per heavy atom. The highest BCUT2D eigenvalue weighted by atomic mass is 19.1. The third-order valence-electron chi connectivity index (χ3n) is 4.57. The standard InChI is InChI=1S/C16H19FO3/c17-12-5-6-15-11(7-12)8-13(20-15)9-14(16(18)19)10-3-1-2-4-10/h5-7,10,13-14H,1-4,8-9H2,(H,18,19). The molecule has 1 aliphatic carbocycles. The van der Waals surface area contributed by atoms with E-state index in [9.17, 15) is 14.3 Å². The summed E-state index contributed by atoms with van der Waals surface area (Å²) in [5.41, 5.74) is 0.852. The number of carboxylic acid groups (broad SMARTS) is 1. The maximum absolute atomic E-state index is 13.2. The van der Waals surface area contributed by atoms with Gasteiger partial charge in [-0.1, -0.05) is 12.8 Å². The lowest BCUT2D eigenvalue weighted by molar-refractivity contribution is -0.144. The van der Waals surface area contributed by atoms with Gasteiger partial charge in [-0.05, 0) is 43.4 Å². The van der Waals surface area contributed by atoms with Gasteiger partial charge in [-0.3, -0.25) is 4.79 Å². The van der Waals surface area contributed by atoms with Crippen LogP contribution in [0.2, 0.25) is 0 Å². The minimum Gasteiger partial charge on any atom is -0.490 e. The molecule has 0 saturated heterocycles. The number of hydrogen-bond acceptors (Lipinski definition) is 2. The van der Waals surface area contributed by atoms with Crippen molar-refractivity contribution in [3.05, 3.63) is 29.6 Å². The Kier molecular flexibility index (Phi) is 3.64. The van der Waals surface area contributed by atoms with E-state index in [4.69, 9.17) is 4.74 Å². The van der Waals surface area contributed by atoms with Gasteiger partial charge in [-0.15, -0.1) is 0 Å². The maximum atomic E-state index is 13.2. The molecule has 3 nitrogen and oxygen atoms in total. The summed E-state index contributed by atoms with van der Waals surface area (Å²) in [5, 5.41) is 9.44. The van der Waals surface area contributed by atoms with Gasteiger partial charge in [0.15, 0.2) is 0 Å². The molecule has 2 aliphatic rings. The lowest BCUT2D eigenvalue weighted by Crippen LogP contribution is -2.28. The molecule has 2 unspecified atom stereocenters. The second-order valence-corrected chi connectivity index (χ2v) is 5.92. The first-order chi connectivity index (χ1) is 9.63. The molecule has 1 fully saturated rings. The molecule has 1 aliphatic heterocycles. The summed E-state index contributed by atoms with van der Waals surface area (Å²) in [6.07, 6.45) is 5.28. The van der Waals surface area contributed by atoms with E-state index in [0.29, 0.717) is 18.6 Å². The van der Waals surface area contributed by atoms with Crippen molar-refractivity contribution in [2.75, 3.05) is 0 Å². The lowest BCUT2D eigenvalue weighted by atomic mass is 9.85. The Balaban J connectivity index is 1.67. The van der Waals surface area contributed by atoms with Gasteiger partial charge in [0, 0.05) is 12.0 Å². The Hall–Kier alpha value is -1.58. The third kappa shape index (κ3) is 2.65. The van der Waals surface area contributed by atoms with Gasteiger partial charge in [0.25, 0.3) is 0 Å². The summed E-state index contributed by atoms with van der Waals surface area (Å²) < 4.78 is 18.9. The predicted octanol–water partition coefficient (Wildman–Crippen LogP) is 3.41. The van der Waals surface area contributed by atoms with E-state index in [1.54, 1.807) is 6.07 Å². The van der Waals surface area contributed by atoms with Gasteiger partial charge in [-0.2, -0.15) is 0 Å². The number of aliphatic carboxylic acids is 1. The van der Waals surface area contributed by atoms with Gasteiger partial charge in [0.05, 0.1) is 5.92 Å². The van der Waals surface area contributed by atoms with E-state index in [1.165, 1.54) is 12.1 Å². The monoisotopic (exact) mass is 278 g/mol. The molecule has 1 heterocycles. The van der Waals surface area contributed by atoms with Crippen LogP contribution in [0, 0.1) is 17.7 Å². The largest absolute Gasteiger partial charge is 0.490 e. The van der Waals surface area contributed by atoms with Crippen molar-refractivity contribution in [3.8, 4) is 5.75 Å². The molecular formula is C16H19FO3. The highest BCUT2D eigenvalue weighted by Crippen LogP contribution is 2.37. The van der Waals surface area contributed by atoms with Gasteiger partial charge in [0.1, 0.15) is 17.7 Å². The van der Waals surface area contributed by atoms with Crippen LogP contribution in [0.5, 0.6) is 5.75 Å². The minimum absolute atomic E-state index is 0.131. The number of carboxylic acids is 1. The van der Waals surface area contributed by atoms with Crippen molar-refractivity contribution in [3.63, 3.8) is 0 Å². The zero-order chi connectivity index (χ0) is 14.1. The zero-order valence-corrected chi connectivity index (χ0v) is 11.3. The number of rotatable bonds is 4.